The SMILES string of the molecule is CC/C=C\C/C=C\C/C=C\C/C=C\CCCCCCCCC(=O)NC(CO)C(O)/C=C/CC/C=C/CC/C=C/CCCCCCCCCCCCCCCCCCCCCCCC. The van der Waals surface area contributed by atoms with Crippen LogP contribution in [0.3, 0.4) is 0 Å². The number of aliphatic hydroxyl groups excluding tert-OH is 2. The van der Waals surface area contributed by atoms with Crippen LogP contribution in [0.5, 0.6) is 0 Å². The Morgan fingerprint density at radius 1 is 0.397 bits per heavy atom. The number of nitrogens with one attached hydrogen (secondary N) is 1. The average molecular weight is 876 g/mol. The molecule has 0 rings (SSSR count). The van der Waals surface area contributed by atoms with Gasteiger partial charge in [0.05, 0.1) is 18.8 Å². The van der Waals surface area contributed by atoms with Crippen molar-refractivity contribution >= 4 is 5.91 Å². The molecule has 4 heteroatoms. The smallest absolute Gasteiger partial charge is 0.220 e. The molecule has 2 atom stereocenters. The number of aliphatic hydroxyl groups is 2. The Labute approximate surface area is 392 Å². The van der Waals surface area contributed by atoms with E-state index in [4.69, 9.17) is 0 Å². The highest BCUT2D eigenvalue weighted by Gasteiger charge is 2.17. The standard InChI is InChI=1S/C59H105NO3/c1-3-5-7-9-11-13-15-17-19-21-23-24-25-26-27-28-29-30-31-32-33-34-35-37-38-40-42-44-46-48-50-52-54-58(62)57(56-61)60-59(63)55-53-51-49-47-45-43-41-39-36-22-20-18-16-14-12-10-8-6-4-2/h6,8,12,14,18,20,36-39,44,46,52,54,57-58,61-62H,3-5,7,9-11,13,15-17,19,21-35,40-43,45,47-51,53,55-56H2,1-2H3,(H,60,63)/b8-6-,14-12-,20-18-,38-37+,39-36-,46-44+,54-52+. The molecule has 0 spiro atoms. The summed E-state index contributed by atoms with van der Waals surface area (Å²) in [6.45, 7) is 4.19. The number of allylic oxidation sites excluding steroid dienone is 13. The molecule has 0 aromatic carbocycles. The van der Waals surface area contributed by atoms with E-state index in [9.17, 15) is 15.0 Å². The molecule has 0 saturated heterocycles. The first-order chi connectivity index (χ1) is 31.2. The summed E-state index contributed by atoms with van der Waals surface area (Å²) in [5, 5.41) is 23.1. The van der Waals surface area contributed by atoms with E-state index in [1.54, 1.807) is 6.08 Å². The Bertz CT molecular complexity index is 1130. The number of rotatable bonds is 49. The van der Waals surface area contributed by atoms with Crippen molar-refractivity contribution in [1.29, 1.82) is 0 Å². The predicted octanol–water partition coefficient (Wildman–Crippen LogP) is 18.0. The van der Waals surface area contributed by atoms with E-state index in [1.165, 1.54) is 167 Å². The lowest BCUT2D eigenvalue weighted by atomic mass is 10.0. The van der Waals surface area contributed by atoms with Crippen LogP contribution in [0, 0.1) is 0 Å². The lowest BCUT2D eigenvalue weighted by Gasteiger charge is -2.19. The molecule has 0 heterocycles. The maximum atomic E-state index is 12.4. The highest BCUT2D eigenvalue weighted by Crippen LogP contribution is 2.16. The summed E-state index contributed by atoms with van der Waals surface area (Å²) in [4.78, 5) is 12.4. The molecule has 364 valence electrons. The molecule has 1 amide bonds. The molecule has 2 unspecified atom stereocenters. The molecular formula is C59H105NO3. The summed E-state index contributed by atoms with van der Waals surface area (Å²) in [5.74, 6) is -0.0936. The molecule has 4 nitrogen and oxygen atoms in total. The first-order valence-corrected chi connectivity index (χ1v) is 27.3. The van der Waals surface area contributed by atoms with Gasteiger partial charge in [-0.2, -0.15) is 0 Å². The summed E-state index contributed by atoms with van der Waals surface area (Å²) in [6.07, 6.45) is 78.9. The third-order valence-electron chi connectivity index (χ3n) is 12.1. The second-order valence-corrected chi connectivity index (χ2v) is 18.2. The third-order valence-corrected chi connectivity index (χ3v) is 12.1. The first-order valence-electron chi connectivity index (χ1n) is 27.3. The van der Waals surface area contributed by atoms with Gasteiger partial charge >= 0.3 is 0 Å². The van der Waals surface area contributed by atoms with Gasteiger partial charge in [0.2, 0.25) is 5.91 Å². The number of hydrogen-bond acceptors (Lipinski definition) is 3. The summed E-state index contributed by atoms with van der Waals surface area (Å²) in [7, 11) is 0. The minimum Gasteiger partial charge on any atom is -0.394 e. The van der Waals surface area contributed by atoms with Crippen LogP contribution in [0.1, 0.15) is 264 Å². The molecule has 0 aromatic rings. The summed E-state index contributed by atoms with van der Waals surface area (Å²) in [6, 6.07) is -0.659. The van der Waals surface area contributed by atoms with Crippen molar-refractivity contribution in [3.8, 4) is 0 Å². The zero-order chi connectivity index (χ0) is 45.6. The number of unbranched alkanes of at least 4 members (excludes halogenated alkanes) is 30. The quantitative estimate of drug-likeness (QED) is 0.0421. The highest BCUT2D eigenvalue weighted by atomic mass is 16.3. The highest BCUT2D eigenvalue weighted by molar-refractivity contribution is 5.76. The van der Waals surface area contributed by atoms with Crippen LogP contribution < -0.4 is 5.32 Å². The molecule has 63 heavy (non-hydrogen) atoms. The van der Waals surface area contributed by atoms with Gasteiger partial charge in [-0.1, -0.05) is 259 Å². The Balaban J connectivity index is 3.58. The third kappa shape index (κ3) is 50.4. The maximum Gasteiger partial charge on any atom is 0.220 e. The molecule has 0 fully saturated rings. The van der Waals surface area contributed by atoms with Crippen molar-refractivity contribution in [2.24, 2.45) is 0 Å². The Hall–Kier alpha value is -2.43. The van der Waals surface area contributed by atoms with E-state index in [2.05, 4.69) is 92.1 Å². The van der Waals surface area contributed by atoms with Crippen LogP contribution in [0.15, 0.2) is 85.1 Å². The van der Waals surface area contributed by atoms with Crippen LogP contribution in [-0.4, -0.2) is 34.9 Å². The summed E-state index contributed by atoms with van der Waals surface area (Å²) in [5.41, 5.74) is 0. The zero-order valence-corrected chi connectivity index (χ0v) is 41.8. The molecule has 0 radical (unpaired) electrons. The zero-order valence-electron chi connectivity index (χ0n) is 41.8. The molecule has 0 aliphatic rings. The fraction of sp³-hybridized carbons (Fsp3) is 0.746. The topological polar surface area (TPSA) is 69.6 Å². The van der Waals surface area contributed by atoms with Crippen LogP contribution in [0.25, 0.3) is 0 Å². The molecule has 0 saturated carbocycles. The normalized spacial score (nSPS) is 13.5. The second-order valence-electron chi connectivity index (χ2n) is 18.2. The van der Waals surface area contributed by atoms with Gasteiger partial charge in [0.15, 0.2) is 0 Å². The second kappa shape index (κ2) is 53.9. The van der Waals surface area contributed by atoms with Crippen molar-refractivity contribution in [1.82, 2.24) is 5.32 Å². The van der Waals surface area contributed by atoms with Crippen molar-refractivity contribution in [2.45, 2.75) is 276 Å². The first kappa shape index (κ1) is 60.6. The van der Waals surface area contributed by atoms with Gasteiger partial charge < -0.3 is 15.5 Å². The molecule has 0 aliphatic heterocycles. The van der Waals surface area contributed by atoms with Gasteiger partial charge in [-0.3, -0.25) is 4.79 Å². The lowest BCUT2D eigenvalue weighted by Crippen LogP contribution is -2.45. The lowest BCUT2D eigenvalue weighted by molar-refractivity contribution is -0.123. The van der Waals surface area contributed by atoms with Crippen molar-refractivity contribution in [3.05, 3.63) is 85.1 Å². The van der Waals surface area contributed by atoms with E-state index in [-0.39, 0.29) is 12.5 Å². The fourth-order valence-electron chi connectivity index (χ4n) is 7.97. The van der Waals surface area contributed by atoms with Gasteiger partial charge in [-0.05, 0) is 83.5 Å². The van der Waals surface area contributed by atoms with E-state index < -0.39 is 12.1 Å². The molecule has 0 aliphatic carbocycles. The minimum atomic E-state index is -0.883. The largest absolute Gasteiger partial charge is 0.394 e. The number of carbonyl (C=O) groups excluding carboxylic acids is 1. The summed E-state index contributed by atoms with van der Waals surface area (Å²) >= 11 is 0. The van der Waals surface area contributed by atoms with E-state index in [0.717, 1.165) is 77.0 Å². The van der Waals surface area contributed by atoms with Crippen molar-refractivity contribution in [2.75, 3.05) is 6.61 Å². The monoisotopic (exact) mass is 876 g/mol. The van der Waals surface area contributed by atoms with Crippen LogP contribution in [0.4, 0.5) is 0 Å². The predicted molar refractivity (Wildman–Crippen MR) is 280 cm³/mol. The minimum absolute atomic E-state index is 0.0936. The Morgan fingerprint density at radius 3 is 1.11 bits per heavy atom. The van der Waals surface area contributed by atoms with Crippen molar-refractivity contribution < 1.29 is 15.0 Å². The van der Waals surface area contributed by atoms with Gasteiger partial charge in [0.1, 0.15) is 0 Å². The number of hydrogen-bond donors (Lipinski definition) is 3. The molecule has 0 bridgehead atoms. The van der Waals surface area contributed by atoms with Crippen LogP contribution in [0.2, 0.25) is 0 Å². The van der Waals surface area contributed by atoms with Crippen LogP contribution in [-0.2, 0) is 4.79 Å². The maximum absolute atomic E-state index is 12.4. The van der Waals surface area contributed by atoms with Gasteiger partial charge in [-0.15, -0.1) is 0 Å². The Kier molecular flexibility index (Phi) is 51.8. The molecular weight excluding hydrogens is 771 g/mol. The van der Waals surface area contributed by atoms with E-state index in [1.807, 2.05) is 6.08 Å². The fourth-order valence-corrected chi connectivity index (χ4v) is 7.97. The average Bonchev–Trinajstić information content (AvgIpc) is 3.29. The van der Waals surface area contributed by atoms with Crippen molar-refractivity contribution in [3.63, 3.8) is 0 Å². The number of amides is 1. The van der Waals surface area contributed by atoms with Gasteiger partial charge in [0, 0.05) is 6.42 Å². The molecule has 0 aromatic heterocycles. The van der Waals surface area contributed by atoms with E-state index in [0.29, 0.717) is 6.42 Å². The Morgan fingerprint density at radius 2 is 0.714 bits per heavy atom. The van der Waals surface area contributed by atoms with E-state index >= 15 is 0 Å². The number of carbonyl (C=O) groups is 1. The summed E-state index contributed by atoms with van der Waals surface area (Å²) < 4.78 is 0. The van der Waals surface area contributed by atoms with Gasteiger partial charge in [-0.25, -0.2) is 0 Å². The van der Waals surface area contributed by atoms with Gasteiger partial charge in [0.25, 0.3) is 0 Å². The molecule has 3 N–H and O–H groups in total. The van der Waals surface area contributed by atoms with Crippen LogP contribution >= 0.6 is 0 Å².